The van der Waals surface area contributed by atoms with Crippen molar-refractivity contribution in [2.24, 2.45) is 0 Å². The molecule has 0 aliphatic carbocycles. The molecule has 0 aliphatic heterocycles. The van der Waals surface area contributed by atoms with Crippen LogP contribution in [0.4, 0.5) is 4.79 Å². The fraction of sp³-hybridized carbons (Fsp3) is 0.923. The summed E-state index contributed by atoms with van der Waals surface area (Å²) >= 11 is 12.6. The molecule has 0 rings (SSSR count). The van der Waals surface area contributed by atoms with Crippen molar-refractivity contribution in [3.05, 3.63) is 0 Å². The number of thioether (sulfide) groups is 1. The van der Waals surface area contributed by atoms with Crippen molar-refractivity contribution in [3.8, 4) is 0 Å². The number of rotatable bonds is 13. The third-order valence-electron chi connectivity index (χ3n) is 2.69. The molecular formula is C13H27Cl2NO4SSi. The molecule has 0 unspecified atom stereocenters. The highest BCUT2D eigenvalue weighted by molar-refractivity contribution is 8.13. The third kappa shape index (κ3) is 8.96. The SMILES string of the molecule is CCO[Si](CCSC(=O)N(CCCl)CCCl)(OCC)OCC. The quantitative estimate of drug-likeness (QED) is 0.354. The van der Waals surface area contributed by atoms with Crippen LogP contribution in [-0.2, 0) is 13.3 Å². The fourth-order valence-corrected chi connectivity index (χ4v) is 6.21. The number of hydrogen-bond acceptors (Lipinski definition) is 5. The summed E-state index contributed by atoms with van der Waals surface area (Å²) < 4.78 is 17.3. The molecule has 0 radical (unpaired) electrons. The first kappa shape index (κ1) is 22.5. The van der Waals surface area contributed by atoms with Crippen LogP contribution < -0.4 is 0 Å². The first-order valence-electron chi connectivity index (χ1n) is 7.54. The highest BCUT2D eigenvalue weighted by Gasteiger charge is 2.40. The normalized spacial score (nSPS) is 11.7. The van der Waals surface area contributed by atoms with Crippen LogP contribution in [0.15, 0.2) is 0 Å². The summed E-state index contributed by atoms with van der Waals surface area (Å²) in [5.41, 5.74) is 0. The number of amides is 1. The van der Waals surface area contributed by atoms with Gasteiger partial charge in [0.1, 0.15) is 0 Å². The van der Waals surface area contributed by atoms with Gasteiger partial charge in [0.15, 0.2) is 0 Å². The monoisotopic (exact) mass is 391 g/mol. The van der Waals surface area contributed by atoms with Gasteiger partial charge >= 0.3 is 8.80 Å². The van der Waals surface area contributed by atoms with Gasteiger partial charge in [-0.25, -0.2) is 0 Å². The highest BCUT2D eigenvalue weighted by Crippen LogP contribution is 2.21. The summed E-state index contributed by atoms with van der Waals surface area (Å²) in [6, 6.07) is 0.606. The minimum atomic E-state index is -2.68. The van der Waals surface area contributed by atoms with Crippen LogP contribution in [0.2, 0.25) is 6.04 Å². The van der Waals surface area contributed by atoms with Crippen LogP contribution in [0.1, 0.15) is 20.8 Å². The average molecular weight is 392 g/mol. The lowest BCUT2D eigenvalue weighted by atomic mass is 10.6. The van der Waals surface area contributed by atoms with E-state index in [4.69, 9.17) is 36.5 Å². The number of carbonyl (C=O) groups is 1. The van der Waals surface area contributed by atoms with E-state index in [-0.39, 0.29) is 5.24 Å². The summed E-state index contributed by atoms with van der Waals surface area (Å²) in [6.07, 6.45) is 0. The second-order valence-corrected chi connectivity index (χ2v) is 8.75. The van der Waals surface area contributed by atoms with Crippen LogP contribution >= 0.6 is 35.0 Å². The van der Waals surface area contributed by atoms with Crippen molar-refractivity contribution in [1.29, 1.82) is 0 Å². The first-order chi connectivity index (χ1) is 10.6. The van der Waals surface area contributed by atoms with Crippen LogP contribution in [0, 0.1) is 0 Å². The van der Waals surface area contributed by atoms with Gasteiger partial charge in [-0.1, -0.05) is 11.8 Å². The molecule has 9 heteroatoms. The Morgan fingerprint density at radius 1 is 1.00 bits per heavy atom. The minimum Gasteiger partial charge on any atom is -0.374 e. The molecule has 0 aromatic heterocycles. The van der Waals surface area contributed by atoms with E-state index in [2.05, 4.69) is 0 Å². The second kappa shape index (κ2) is 13.9. The number of hydrogen-bond donors (Lipinski definition) is 0. The Kier molecular flexibility index (Phi) is 14.2. The van der Waals surface area contributed by atoms with E-state index in [1.165, 1.54) is 11.8 Å². The molecule has 0 saturated carbocycles. The molecule has 5 nitrogen and oxygen atoms in total. The first-order valence-corrected chi connectivity index (χ1v) is 11.5. The van der Waals surface area contributed by atoms with Gasteiger partial charge in [-0.15, -0.1) is 23.2 Å². The molecule has 132 valence electrons. The minimum absolute atomic E-state index is 0.0197. The van der Waals surface area contributed by atoms with E-state index in [0.717, 1.165) is 0 Å². The predicted octanol–water partition coefficient (Wildman–Crippen LogP) is 3.67. The molecule has 22 heavy (non-hydrogen) atoms. The zero-order valence-corrected chi connectivity index (χ0v) is 16.9. The van der Waals surface area contributed by atoms with E-state index in [1.807, 2.05) is 20.8 Å². The maximum Gasteiger partial charge on any atom is 0.501 e. The molecule has 0 aromatic carbocycles. The van der Waals surface area contributed by atoms with Gasteiger partial charge in [-0.05, 0) is 20.8 Å². The molecule has 0 aliphatic rings. The zero-order chi connectivity index (χ0) is 16.8. The van der Waals surface area contributed by atoms with Gasteiger partial charge in [-0.2, -0.15) is 0 Å². The Labute approximate surface area is 149 Å². The largest absolute Gasteiger partial charge is 0.501 e. The molecule has 0 aromatic rings. The molecule has 0 spiro atoms. The summed E-state index contributed by atoms with van der Waals surface area (Å²) in [4.78, 5) is 13.8. The molecule has 0 saturated heterocycles. The van der Waals surface area contributed by atoms with E-state index in [0.29, 0.717) is 56.5 Å². The van der Waals surface area contributed by atoms with Crippen molar-refractivity contribution in [2.45, 2.75) is 26.8 Å². The molecule has 0 atom stereocenters. The van der Waals surface area contributed by atoms with Gasteiger partial charge in [0.2, 0.25) is 0 Å². The Morgan fingerprint density at radius 2 is 1.45 bits per heavy atom. The third-order valence-corrected chi connectivity index (χ3v) is 7.36. The van der Waals surface area contributed by atoms with Crippen molar-refractivity contribution < 1.29 is 18.1 Å². The maximum atomic E-state index is 12.1. The molecule has 0 bridgehead atoms. The summed E-state index contributed by atoms with van der Waals surface area (Å²) in [7, 11) is -2.68. The van der Waals surface area contributed by atoms with E-state index in [1.54, 1.807) is 4.90 Å². The number of nitrogens with zero attached hydrogens (tertiary/aromatic N) is 1. The molecule has 0 N–H and O–H groups in total. The van der Waals surface area contributed by atoms with Crippen LogP contribution in [0.5, 0.6) is 0 Å². The Balaban J connectivity index is 4.48. The van der Waals surface area contributed by atoms with Crippen molar-refractivity contribution in [3.63, 3.8) is 0 Å². The van der Waals surface area contributed by atoms with E-state index in [9.17, 15) is 4.79 Å². The van der Waals surface area contributed by atoms with Gasteiger partial charge in [0, 0.05) is 56.5 Å². The highest BCUT2D eigenvalue weighted by atomic mass is 35.5. The van der Waals surface area contributed by atoms with E-state index < -0.39 is 8.80 Å². The standard InChI is InChI=1S/C13H27Cl2NO4SSi/c1-4-18-22(19-5-2,20-6-3)12-11-21-13(17)16(9-7-14)10-8-15/h4-12H2,1-3H3. The van der Waals surface area contributed by atoms with Crippen LogP contribution in [0.3, 0.4) is 0 Å². The lowest BCUT2D eigenvalue weighted by Crippen LogP contribution is -2.46. The number of halogens is 2. The predicted molar refractivity (Wildman–Crippen MR) is 96.3 cm³/mol. The van der Waals surface area contributed by atoms with Gasteiger partial charge in [0.25, 0.3) is 5.24 Å². The van der Waals surface area contributed by atoms with Gasteiger partial charge < -0.3 is 18.2 Å². The fourth-order valence-electron chi connectivity index (χ4n) is 1.85. The Hall–Kier alpha value is 0.497. The average Bonchev–Trinajstić information content (AvgIpc) is 2.47. The molecular weight excluding hydrogens is 365 g/mol. The van der Waals surface area contributed by atoms with Crippen molar-refractivity contribution in [2.75, 3.05) is 50.4 Å². The molecule has 0 fully saturated rings. The van der Waals surface area contributed by atoms with Crippen molar-refractivity contribution in [1.82, 2.24) is 4.90 Å². The van der Waals surface area contributed by atoms with Crippen LogP contribution in [0.25, 0.3) is 0 Å². The summed E-state index contributed by atoms with van der Waals surface area (Å²) in [5.74, 6) is 1.39. The van der Waals surface area contributed by atoms with Gasteiger partial charge in [-0.3, -0.25) is 4.79 Å². The maximum absolute atomic E-state index is 12.1. The lowest BCUT2D eigenvalue weighted by molar-refractivity contribution is 0.0729. The second-order valence-electron chi connectivity index (χ2n) is 4.21. The van der Waals surface area contributed by atoms with Gasteiger partial charge in [0.05, 0.1) is 0 Å². The molecule has 1 amide bonds. The number of alkyl halides is 2. The molecule has 0 heterocycles. The Morgan fingerprint density at radius 3 is 1.82 bits per heavy atom. The van der Waals surface area contributed by atoms with Crippen LogP contribution in [-0.4, -0.2) is 69.4 Å². The topological polar surface area (TPSA) is 48.0 Å². The Bertz CT molecular complexity index is 280. The zero-order valence-electron chi connectivity index (χ0n) is 13.6. The number of carbonyl (C=O) groups excluding carboxylic acids is 1. The van der Waals surface area contributed by atoms with Crippen molar-refractivity contribution >= 4 is 49.0 Å². The summed E-state index contributed by atoms with van der Waals surface area (Å²) in [5, 5.41) is -0.0197. The smallest absolute Gasteiger partial charge is 0.374 e. The lowest BCUT2D eigenvalue weighted by Gasteiger charge is -2.28. The van der Waals surface area contributed by atoms with E-state index >= 15 is 0 Å². The summed E-state index contributed by atoms with van der Waals surface area (Å²) in [6.45, 7) is 8.37.